The normalized spacial score (nSPS) is 15.0. The van der Waals surface area contributed by atoms with Crippen molar-refractivity contribution in [1.82, 2.24) is 19.9 Å². The summed E-state index contributed by atoms with van der Waals surface area (Å²) >= 11 is 0. The Balaban J connectivity index is 1.68. The molecule has 1 aromatic carbocycles. The predicted molar refractivity (Wildman–Crippen MR) is 106 cm³/mol. The number of pyridine rings is 1. The molecule has 27 heavy (non-hydrogen) atoms. The Hall–Kier alpha value is -2.63. The fourth-order valence-electron chi connectivity index (χ4n) is 3.47. The van der Waals surface area contributed by atoms with Crippen molar-refractivity contribution >= 4 is 0 Å². The Morgan fingerprint density at radius 1 is 0.926 bits per heavy atom. The minimum absolute atomic E-state index is 0.760. The van der Waals surface area contributed by atoms with Crippen LogP contribution < -0.4 is 0 Å². The summed E-state index contributed by atoms with van der Waals surface area (Å²) in [7, 11) is 0. The average Bonchev–Trinajstić information content (AvgIpc) is 2.69. The number of hydrogen-bond acceptors (Lipinski definition) is 5. The first kappa shape index (κ1) is 17.8. The number of ether oxygens (including phenoxy) is 1. The van der Waals surface area contributed by atoms with Crippen LogP contribution in [0.1, 0.15) is 17.0 Å². The molecule has 0 bridgehead atoms. The molecule has 1 aliphatic rings. The van der Waals surface area contributed by atoms with Gasteiger partial charge in [-0.1, -0.05) is 24.3 Å². The monoisotopic (exact) mass is 360 g/mol. The predicted octanol–water partition coefficient (Wildman–Crippen LogP) is 3.65. The maximum absolute atomic E-state index is 5.46. The van der Waals surface area contributed by atoms with E-state index in [-0.39, 0.29) is 0 Å². The summed E-state index contributed by atoms with van der Waals surface area (Å²) in [4.78, 5) is 16.4. The Kier molecular flexibility index (Phi) is 5.23. The summed E-state index contributed by atoms with van der Waals surface area (Å²) in [5.41, 5.74) is 6.29. The molecular weight excluding hydrogens is 336 g/mol. The topological polar surface area (TPSA) is 51.1 Å². The Bertz CT molecular complexity index is 935. The number of rotatable bonds is 4. The summed E-state index contributed by atoms with van der Waals surface area (Å²) < 4.78 is 5.46. The number of hydrogen-bond donors (Lipinski definition) is 0. The first-order chi connectivity index (χ1) is 13.2. The first-order valence-corrected chi connectivity index (χ1v) is 9.37. The highest BCUT2D eigenvalue weighted by molar-refractivity contribution is 5.66. The van der Waals surface area contributed by atoms with Crippen LogP contribution in [0.15, 0.2) is 48.7 Å². The first-order valence-electron chi connectivity index (χ1n) is 9.37. The lowest BCUT2D eigenvalue weighted by molar-refractivity contribution is 0.0342. The second-order valence-corrected chi connectivity index (χ2v) is 6.90. The van der Waals surface area contributed by atoms with E-state index in [1.807, 2.05) is 38.2 Å². The highest BCUT2D eigenvalue weighted by Gasteiger charge is 2.15. The molecule has 3 heterocycles. The van der Waals surface area contributed by atoms with E-state index in [1.54, 1.807) is 0 Å². The molecule has 0 aliphatic carbocycles. The standard InChI is InChI=1S/C22H24N4O/c1-16-7-8-19(17(2)24-16)21-9-10-23-22(25-21)20-6-4-3-5-18(20)15-26-11-13-27-14-12-26/h3-10H,11-15H2,1-2H3. The van der Waals surface area contributed by atoms with Gasteiger partial charge in [0.2, 0.25) is 0 Å². The third-order valence-electron chi connectivity index (χ3n) is 4.91. The van der Waals surface area contributed by atoms with E-state index < -0.39 is 0 Å². The number of nitrogens with zero attached hydrogens (tertiary/aromatic N) is 4. The van der Waals surface area contributed by atoms with Crippen molar-refractivity contribution in [3.63, 3.8) is 0 Å². The molecule has 2 aromatic heterocycles. The molecule has 4 rings (SSSR count). The zero-order chi connectivity index (χ0) is 18.6. The van der Waals surface area contributed by atoms with Crippen LogP contribution >= 0.6 is 0 Å². The second-order valence-electron chi connectivity index (χ2n) is 6.90. The number of aromatic nitrogens is 3. The van der Waals surface area contributed by atoms with Crippen LogP contribution in [0.4, 0.5) is 0 Å². The molecule has 5 heteroatoms. The van der Waals surface area contributed by atoms with E-state index in [2.05, 4.69) is 39.1 Å². The molecule has 0 spiro atoms. The van der Waals surface area contributed by atoms with E-state index in [4.69, 9.17) is 9.72 Å². The van der Waals surface area contributed by atoms with Crippen LogP contribution in [0.3, 0.4) is 0 Å². The Labute approximate surface area is 160 Å². The van der Waals surface area contributed by atoms with E-state index in [0.717, 1.165) is 66.9 Å². The maximum Gasteiger partial charge on any atom is 0.160 e. The minimum atomic E-state index is 0.760. The zero-order valence-electron chi connectivity index (χ0n) is 15.9. The Morgan fingerprint density at radius 2 is 1.74 bits per heavy atom. The van der Waals surface area contributed by atoms with Crippen molar-refractivity contribution in [1.29, 1.82) is 0 Å². The molecule has 1 aliphatic heterocycles. The number of aryl methyl sites for hydroxylation is 2. The van der Waals surface area contributed by atoms with Gasteiger partial charge in [0.25, 0.3) is 0 Å². The van der Waals surface area contributed by atoms with Crippen molar-refractivity contribution < 1.29 is 4.74 Å². The second kappa shape index (κ2) is 7.94. The van der Waals surface area contributed by atoms with Crippen molar-refractivity contribution in [2.45, 2.75) is 20.4 Å². The summed E-state index contributed by atoms with van der Waals surface area (Å²) in [6.07, 6.45) is 1.84. The van der Waals surface area contributed by atoms with Gasteiger partial charge in [0.05, 0.1) is 18.9 Å². The van der Waals surface area contributed by atoms with E-state index >= 15 is 0 Å². The van der Waals surface area contributed by atoms with Gasteiger partial charge in [-0.05, 0) is 37.6 Å². The lowest BCUT2D eigenvalue weighted by atomic mass is 10.1. The van der Waals surface area contributed by atoms with Gasteiger partial charge in [0.15, 0.2) is 5.82 Å². The molecule has 0 atom stereocenters. The Morgan fingerprint density at radius 3 is 2.56 bits per heavy atom. The molecule has 0 saturated carbocycles. The van der Waals surface area contributed by atoms with Crippen LogP contribution in [-0.4, -0.2) is 46.2 Å². The lowest BCUT2D eigenvalue weighted by Gasteiger charge is -2.27. The van der Waals surface area contributed by atoms with E-state index in [9.17, 15) is 0 Å². The molecule has 1 fully saturated rings. The molecule has 0 unspecified atom stereocenters. The summed E-state index contributed by atoms with van der Waals surface area (Å²) in [5, 5.41) is 0. The summed E-state index contributed by atoms with van der Waals surface area (Å²) in [6, 6.07) is 14.5. The van der Waals surface area contributed by atoms with Gasteiger partial charge < -0.3 is 4.74 Å². The lowest BCUT2D eigenvalue weighted by Crippen LogP contribution is -2.35. The van der Waals surface area contributed by atoms with Crippen LogP contribution in [0.5, 0.6) is 0 Å². The van der Waals surface area contributed by atoms with Gasteiger partial charge in [-0.25, -0.2) is 9.97 Å². The average molecular weight is 360 g/mol. The molecular formula is C22H24N4O. The largest absolute Gasteiger partial charge is 0.379 e. The van der Waals surface area contributed by atoms with Crippen LogP contribution in [0.2, 0.25) is 0 Å². The molecule has 3 aromatic rings. The molecule has 0 radical (unpaired) electrons. The van der Waals surface area contributed by atoms with Crippen molar-refractivity contribution in [2.24, 2.45) is 0 Å². The summed E-state index contributed by atoms with van der Waals surface area (Å²) in [6.45, 7) is 8.44. The van der Waals surface area contributed by atoms with Crippen molar-refractivity contribution in [2.75, 3.05) is 26.3 Å². The van der Waals surface area contributed by atoms with Gasteiger partial charge in [-0.15, -0.1) is 0 Å². The third kappa shape index (κ3) is 4.04. The van der Waals surface area contributed by atoms with Gasteiger partial charge in [0.1, 0.15) is 0 Å². The highest BCUT2D eigenvalue weighted by atomic mass is 16.5. The van der Waals surface area contributed by atoms with Crippen molar-refractivity contribution in [3.8, 4) is 22.6 Å². The SMILES string of the molecule is Cc1ccc(-c2ccnc(-c3ccccc3CN3CCOCC3)n2)c(C)n1. The molecule has 0 N–H and O–H groups in total. The van der Waals surface area contributed by atoms with Gasteiger partial charge >= 0.3 is 0 Å². The maximum atomic E-state index is 5.46. The van der Waals surface area contributed by atoms with E-state index in [0.29, 0.717) is 0 Å². The highest BCUT2D eigenvalue weighted by Crippen LogP contribution is 2.26. The van der Waals surface area contributed by atoms with Crippen LogP contribution in [-0.2, 0) is 11.3 Å². The molecule has 5 nitrogen and oxygen atoms in total. The van der Waals surface area contributed by atoms with Gasteiger partial charge in [-0.3, -0.25) is 9.88 Å². The van der Waals surface area contributed by atoms with Crippen LogP contribution in [0, 0.1) is 13.8 Å². The fraction of sp³-hybridized carbons (Fsp3) is 0.318. The number of benzene rings is 1. The van der Waals surface area contributed by atoms with Gasteiger partial charge in [-0.2, -0.15) is 0 Å². The number of morpholine rings is 1. The molecule has 1 saturated heterocycles. The van der Waals surface area contributed by atoms with Crippen molar-refractivity contribution in [3.05, 3.63) is 65.6 Å². The van der Waals surface area contributed by atoms with E-state index in [1.165, 1.54) is 5.56 Å². The molecule has 0 amide bonds. The zero-order valence-corrected chi connectivity index (χ0v) is 15.9. The smallest absolute Gasteiger partial charge is 0.160 e. The van der Waals surface area contributed by atoms with Crippen LogP contribution in [0.25, 0.3) is 22.6 Å². The minimum Gasteiger partial charge on any atom is -0.379 e. The fourth-order valence-corrected chi connectivity index (χ4v) is 3.47. The summed E-state index contributed by atoms with van der Waals surface area (Å²) in [5.74, 6) is 0.760. The third-order valence-corrected chi connectivity index (χ3v) is 4.91. The quantitative estimate of drug-likeness (QED) is 0.711. The molecule has 138 valence electrons. The van der Waals surface area contributed by atoms with Gasteiger partial charge in [0, 0.05) is 48.3 Å².